The Balaban J connectivity index is 1.06. The number of hydrogen-bond donors (Lipinski definition) is 0. The molecule has 0 aliphatic carbocycles. The molecule has 0 amide bonds. The van der Waals surface area contributed by atoms with Gasteiger partial charge in [0.05, 0.1) is 0 Å². The third-order valence-corrected chi connectivity index (χ3v) is 11.7. The number of thiophene rings is 1. The minimum Gasteiger partial charge on any atom is -0.455 e. The minimum absolute atomic E-state index is 0.595. The second-order valence-electron chi connectivity index (χ2n) is 13.9. The second-order valence-corrected chi connectivity index (χ2v) is 15.0. The van der Waals surface area contributed by atoms with E-state index in [1.165, 1.54) is 36.9 Å². The molecule has 0 fully saturated rings. The van der Waals surface area contributed by atoms with Crippen molar-refractivity contribution in [2.75, 3.05) is 0 Å². The van der Waals surface area contributed by atoms with E-state index in [0.29, 0.717) is 17.5 Å². The van der Waals surface area contributed by atoms with Crippen LogP contribution < -0.4 is 0 Å². The smallest absolute Gasteiger partial charge is 0.164 e. The Kier molecular flexibility index (Phi) is 7.64. The van der Waals surface area contributed by atoms with Crippen LogP contribution >= 0.6 is 11.3 Å². The lowest BCUT2D eigenvalue weighted by molar-refractivity contribution is 0.670. The van der Waals surface area contributed by atoms with Crippen molar-refractivity contribution in [3.05, 3.63) is 188 Å². The standard InChI is InChI=1S/C51H31N3OS/c1-3-13-32(14-4-1)33-27-29-35(30-28-33)50-52-49(34-15-5-2-6-16-34)53-51(54-50)42-23-11-24-43-46(42)41-22-10-21-39(48(41)55-43)37-18-9-17-36(31-37)38-20-12-26-45-47(38)40-19-7-8-25-44(40)56-45/h1-31H. The highest BCUT2D eigenvalue weighted by molar-refractivity contribution is 7.25. The third-order valence-electron chi connectivity index (χ3n) is 10.6. The molecule has 0 aliphatic heterocycles. The Morgan fingerprint density at radius 2 is 0.857 bits per heavy atom. The fourth-order valence-electron chi connectivity index (χ4n) is 7.92. The summed E-state index contributed by atoms with van der Waals surface area (Å²) in [5.74, 6) is 1.83. The summed E-state index contributed by atoms with van der Waals surface area (Å²) in [7, 11) is 0. The molecule has 0 spiro atoms. The predicted molar refractivity (Wildman–Crippen MR) is 233 cm³/mol. The van der Waals surface area contributed by atoms with Crippen LogP contribution in [0.3, 0.4) is 0 Å². The van der Waals surface area contributed by atoms with Gasteiger partial charge in [-0.2, -0.15) is 0 Å². The van der Waals surface area contributed by atoms with Crippen molar-refractivity contribution in [1.82, 2.24) is 15.0 Å². The van der Waals surface area contributed by atoms with Crippen LogP contribution in [0.1, 0.15) is 0 Å². The van der Waals surface area contributed by atoms with Crippen molar-refractivity contribution < 1.29 is 4.42 Å². The van der Waals surface area contributed by atoms with E-state index in [0.717, 1.165) is 55.3 Å². The Hall–Kier alpha value is -7.21. The Labute approximate surface area is 327 Å². The van der Waals surface area contributed by atoms with Gasteiger partial charge in [0.1, 0.15) is 11.2 Å². The Morgan fingerprint density at radius 3 is 1.66 bits per heavy atom. The highest BCUT2D eigenvalue weighted by Crippen LogP contribution is 2.43. The van der Waals surface area contributed by atoms with Crippen molar-refractivity contribution in [3.8, 4) is 67.5 Å². The summed E-state index contributed by atoms with van der Waals surface area (Å²) in [4.78, 5) is 15.3. The van der Waals surface area contributed by atoms with Gasteiger partial charge in [-0.15, -0.1) is 11.3 Å². The molecular formula is C51H31N3OS. The zero-order valence-corrected chi connectivity index (χ0v) is 30.9. The molecule has 5 heteroatoms. The van der Waals surface area contributed by atoms with E-state index in [-0.39, 0.29) is 0 Å². The lowest BCUT2D eigenvalue weighted by atomic mass is 9.95. The molecule has 3 aromatic heterocycles. The summed E-state index contributed by atoms with van der Waals surface area (Å²) in [6.45, 7) is 0. The summed E-state index contributed by atoms with van der Waals surface area (Å²) >= 11 is 1.84. The number of furan rings is 1. The Bertz CT molecular complexity index is 3240. The molecule has 0 saturated heterocycles. The SMILES string of the molecule is c1ccc(-c2ccc(-c3nc(-c4ccccc4)nc(-c4cccc5oc6c(-c7cccc(-c8cccc9sc%10ccccc%10c89)c7)cccc6c45)n3)cc2)cc1. The van der Waals surface area contributed by atoms with Crippen molar-refractivity contribution in [3.63, 3.8) is 0 Å². The normalized spacial score (nSPS) is 11.6. The van der Waals surface area contributed by atoms with Gasteiger partial charge in [0.15, 0.2) is 17.5 Å². The van der Waals surface area contributed by atoms with E-state index < -0.39 is 0 Å². The first-order valence-corrected chi connectivity index (χ1v) is 19.5. The van der Waals surface area contributed by atoms with Crippen LogP contribution in [0.5, 0.6) is 0 Å². The molecule has 0 radical (unpaired) electrons. The average Bonchev–Trinajstić information content (AvgIpc) is 3.86. The number of benzene rings is 8. The summed E-state index contributed by atoms with van der Waals surface area (Å²) in [6.07, 6.45) is 0. The topological polar surface area (TPSA) is 51.8 Å². The third kappa shape index (κ3) is 5.48. The van der Waals surface area contributed by atoms with Crippen molar-refractivity contribution >= 4 is 53.4 Å². The summed E-state index contributed by atoms with van der Waals surface area (Å²) < 4.78 is 9.37. The molecule has 0 saturated carbocycles. The van der Waals surface area contributed by atoms with Crippen LogP contribution in [-0.4, -0.2) is 15.0 Å². The lowest BCUT2D eigenvalue weighted by Gasteiger charge is -2.10. The highest BCUT2D eigenvalue weighted by Gasteiger charge is 2.20. The maximum absolute atomic E-state index is 6.78. The van der Waals surface area contributed by atoms with Gasteiger partial charge in [-0.3, -0.25) is 0 Å². The van der Waals surface area contributed by atoms with E-state index in [2.05, 4.69) is 140 Å². The Morgan fingerprint density at radius 1 is 0.339 bits per heavy atom. The molecule has 0 unspecified atom stereocenters. The lowest BCUT2D eigenvalue weighted by Crippen LogP contribution is -2.00. The van der Waals surface area contributed by atoms with Gasteiger partial charge in [-0.25, -0.2) is 15.0 Å². The van der Waals surface area contributed by atoms with Gasteiger partial charge < -0.3 is 4.42 Å². The zero-order chi connectivity index (χ0) is 37.0. The fourth-order valence-corrected chi connectivity index (χ4v) is 9.05. The molecule has 11 aromatic rings. The van der Waals surface area contributed by atoms with Crippen LogP contribution in [-0.2, 0) is 0 Å². The molecule has 8 aromatic carbocycles. The van der Waals surface area contributed by atoms with E-state index in [1.807, 2.05) is 59.9 Å². The van der Waals surface area contributed by atoms with Gasteiger partial charge >= 0.3 is 0 Å². The predicted octanol–water partition coefficient (Wildman–Crippen LogP) is 14.1. The first-order valence-electron chi connectivity index (χ1n) is 18.7. The van der Waals surface area contributed by atoms with Gasteiger partial charge in [0.2, 0.25) is 0 Å². The fraction of sp³-hybridized carbons (Fsp3) is 0. The van der Waals surface area contributed by atoms with Crippen molar-refractivity contribution in [2.45, 2.75) is 0 Å². The largest absolute Gasteiger partial charge is 0.455 e. The number of hydrogen-bond acceptors (Lipinski definition) is 5. The maximum Gasteiger partial charge on any atom is 0.164 e. The number of para-hydroxylation sites is 1. The molecule has 56 heavy (non-hydrogen) atoms. The zero-order valence-electron chi connectivity index (χ0n) is 30.1. The van der Waals surface area contributed by atoms with E-state index >= 15 is 0 Å². The van der Waals surface area contributed by atoms with Crippen LogP contribution in [0, 0.1) is 0 Å². The molecule has 0 atom stereocenters. The molecule has 0 aliphatic rings. The monoisotopic (exact) mass is 733 g/mol. The number of fused-ring (bicyclic) bond motifs is 6. The first-order chi connectivity index (χ1) is 27.7. The molecule has 0 bridgehead atoms. The minimum atomic E-state index is 0.595. The maximum atomic E-state index is 6.78. The number of rotatable bonds is 6. The molecule has 0 N–H and O–H groups in total. The van der Waals surface area contributed by atoms with Gasteiger partial charge in [0, 0.05) is 53.2 Å². The quantitative estimate of drug-likeness (QED) is 0.171. The van der Waals surface area contributed by atoms with Crippen LogP contribution in [0.2, 0.25) is 0 Å². The first kappa shape index (κ1) is 32.2. The van der Waals surface area contributed by atoms with Gasteiger partial charge in [0.25, 0.3) is 0 Å². The molecule has 3 heterocycles. The van der Waals surface area contributed by atoms with Crippen LogP contribution in [0.15, 0.2) is 192 Å². The molecule has 11 rings (SSSR count). The highest BCUT2D eigenvalue weighted by atomic mass is 32.1. The second kappa shape index (κ2) is 13.3. The summed E-state index contributed by atoms with van der Waals surface area (Å²) in [5, 5.41) is 4.59. The van der Waals surface area contributed by atoms with E-state index in [9.17, 15) is 0 Å². The van der Waals surface area contributed by atoms with Gasteiger partial charge in [-0.1, -0.05) is 164 Å². The van der Waals surface area contributed by atoms with Crippen LogP contribution in [0.25, 0.3) is 110 Å². The van der Waals surface area contributed by atoms with Crippen molar-refractivity contribution in [1.29, 1.82) is 0 Å². The van der Waals surface area contributed by atoms with E-state index in [1.54, 1.807) is 0 Å². The number of aromatic nitrogens is 3. The summed E-state index contributed by atoms with van der Waals surface area (Å²) in [6, 6.07) is 65.6. The summed E-state index contributed by atoms with van der Waals surface area (Å²) in [5.41, 5.74) is 11.2. The van der Waals surface area contributed by atoms with E-state index in [4.69, 9.17) is 19.4 Å². The average molecular weight is 734 g/mol. The van der Waals surface area contributed by atoms with Gasteiger partial charge in [-0.05, 0) is 52.1 Å². The molecule has 4 nitrogen and oxygen atoms in total. The number of nitrogens with zero attached hydrogens (tertiary/aromatic N) is 3. The van der Waals surface area contributed by atoms with Crippen LogP contribution in [0.4, 0.5) is 0 Å². The molecular weight excluding hydrogens is 703 g/mol. The van der Waals surface area contributed by atoms with Crippen molar-refractivity contribution in [2.24, 2.45) is 0 Å². The molecule has 262 valence electrons.